The second-order valence-electron chi connectivity index (χ2n) is 24.8. The number of nitrogens with one attached hydrogen (secondary N) is 11. The SMILES string of the molecule is C[C@@H](O)[C@@H]1NC(=O)C(Cc2ccccc2)NC(=O)[C@H]([C@@H](C)O)NC(=O)C(Cc2ccc(CN)cc2)NC(=O)[C@@H](Cc2c[nH]c3ccccc23)NC(=O)C(Cc2ccccc2)NC(=O)[C@H](Cc2ccccc2)NC(=O)[C@H](CCCCN)NC(=O)[C@@H](N)CSSC[C@@H](C(=O)O)NC(=O)C(CO)NC1=O. The number of carboxylic acid groups (broad SMARTS) is 1. The quantitative estimate of drug-likeness (QED) is 0.0330. The highest BCUT2D eigenvalue weighted by Crippen LogP contribution is 2.24. The maximum Gasteiger partial charge on any atom is 0.327 e. The summed E-state index contributed by atoms with van der Waals surface area (Å²) >= 11 is 0. The van der Waals surface area contributed by atoms with Gasteiger partial charge in [0.05, 0.1) is 24.9 Å². The van der Waals surface area contributed by atoms with Crippen LogP contribution in [-0.2, 0) is 91.4 Å². The van der Waals surface area contributed by atoms with Crippen molar-refractivity contribution in [2.45, 2.75) is 150 Å². The van der Waals surface area contributed by atoms with Crippen LogP contribution in [-0.4, -0.2) is 194 Å². The van der Waals surface area contributed by atoms with E-state index in [-0.39, 0.29) is 63.1 Å². The largest absolute Gasteiger partial charge is 0.480 e. The van der Waals surface area contributed by atoms with Crippen molar-refractivity contribution < 1.29 is 73.2 Å². The monoisotopic (exact) mass is 1440 g/mol. The Kier molecular flexibility index (Phi) is 31.3. The fraction of sp³-hybridized carbons (Fsp3) is 0.394. The number of carbonyl (C=O) groups is 11. The third-order valence-corrected chi connectivity index (χ3v) is 19.3. The molecule has 4 unspecified atom stereocenters. The number of aliphatic carboxylic acids is 1. The zero-order chi connectivity index (χ0) is 73.8. The molecule has 7 rings (SSSR count). The average molecular weight is 1440 g/mol. The number of nitrogens with two attached hydrogens (primary N) is 3. The normalized spacial score (nSPS) is 24.1. The van der Waals surface area contributed by atoms with Crippen LogP contribution in [0.5, 0.6) is 0 Å². The molecular formula is C71H90N14O15S2. The first-order chi connectivity index (χ1) is 48.9. The summed E-state index contributed by atoms with van der Waals surface area (Å²) < 4.78 is 0. The average Bonchev–Trinajstić information content (AvgIpc) is 1.58. The first kappa shape index (κ1) is 79.6. The Hall–Kier alpha value is -9.73. The Bertz CT molecular complexity index is 3800. The number of benzene rings is 5. The molecule has 102 heavy (non-hydrogen) atoms. The molecule has 29 nitrogen and oxygen atoms in total. The molecule has 31 heteroatoms. The summed E-state index contributed by atoms with van der Waals surface area (Å²) in [6.45, 7) is 1.59. The van der Waals surface area contributed by atoms with E-state index >= 15 is 19.2 Å². The van der Waals surface area contributed by atoms with Crippen molar-refractivity contribution in [3.63, 3.8) is 0 Å². The molecule has 10 amide bonds. The minimum Gasteiger partial charge on any atom is -0.480 e. The molecule has 13 atom stereocenters. The molecule has 0 saturated carbocycles. The molecule has 1 aromatic heterocycles. The van der Waals surface area contributed by atoms with Crippen LogP contribution in [0.4, 0.5) is 0 Å². The van der Waals surface area contributed by atoms with Gasteiger partial charge < -0.3 is 95.8 Å². The van der Waals surface area contributed by atoms with Gasteiger partial charge in [-0.15, -0.1) is 0 Å². The van der Waals surface area contributed by atoms with Gasteiger partial charge in [0.25, 0.3) is 0 Å². The van der Waals surface area contributed by atoms with E-state index in [0.29, 0.717) is 51.6 Å². The van der Waals surface area contributed by atoms with Crippen LogP contribution in [0.15, 0.2) is 146 Å². The van der Waals surface area contributed by atoms with Crippen molar-refractivity contribution in [3.05, 3.63) is 179 Å². The Morgan fingerprint density at radius 2 is 0.814 bits per heavy atom. The maximum absolute atomic E-state index is 15.4. The van der Waals surface area contributed by atoms with Gasteiger partial charge in [-0.2, -0.15) is 0 Å². The Labute approximate surface area is 597 Å². The Balaban J connectivity index is 1.30. The lowest BCUT2D eigenvalue weighted by Crippen LogP contribution is -2.63. The van der Waals surface area contributed by atoms with Gasteiger partial charge >= 0.3 is 5.97 Å². The second kappa shape index (κ2) is 40.1. The molecule has 0 radical (unpaired) electrons. The molecule has 0 spiro atoms. The number of amides is 10. The van der Waals surface area contributed by atoms with Crippen molar-refractivity contribution >= 4 is 97.5 Å². The number of aromatic nitrogens is 1. The van der Waals surface area contributed by atoms with Crippen molar-refractivity contribution in [1.82, 2.24) is 58.2 Å². The van der Waals surface area contributed by atoms with Crippen molar-refractivity contribution in [2.75, 3.05) is 24.7 Å². The van der Waals surface area contributed by atoms with Crippen molar-refractivity contribution in [2.24, 2.45) is 17.2 Å². The fourth-order valence-corrected chi connectivity index (χ4v) is 13.4. The van der Waals surface area contributed by atoms with E-state index in [1.807, 2.05) is 0 Å². The highest BCUT2D eigenvalue weighted by Gasteiger charge is 2.39. The van der Waals surface area contributed by atoms with Gasteiger partial charge in [0.2, 0.25) is 59.1 Å². The summed E-state index contributed by atoms with van der Waals surface area (Å²) in [5.74, 6) is -12.0. The smallest absolute Gasteiger partial charge is 0.327 e. The lowest BCUT2D eigenvalue weighted by Gasteiger charge is -2.29. The molecule has 1 saturated heterocycles. The van der Waals surface area contributed by atoms with Crippen LogP contribution in [0.25, 0.3) is 10.9 Å². The zero-order valence-corrected chi connectivity index (χ0v) is 58.0. The van der Waals surface area contributed by atoms with E-state index in [9.17, 15) is 54.0 Å². The second-order valence-corrected chi connectivity index (χ2v) is 27.3. The van der Waals surface area contributed by atoms with Gasteiger partial charge in [0.15, 0.2) is 0 Å². The highest BCUT2D eigenvalue weighted by atomic mass is 33.1. The van der Waals surface area contributed by atoms with E-state index in [0.717, 1.165) is 34.1 Å². The predicted molar refractivity (Wildman–Crippen MR) is 384 cm³/mol. The summed E-state index contributed by atoms with van der Waals surface area (Å²) in [6.07, 6.45) is -2.08. The number of rotatable bonds is 19. The first-order valence-corrected chi connectivity index (χ1v) is 35.8. The number of carboxylic acids is 1. The standard InChI is InChI=1S/C71H90N14O15S2/c1-40(87)59-69(97)81-55(32-44-20-10-5-11-21-44)67(95)85-60(41(2)88)70(98)82-57(37-86)68(96)83-58(71(99)100)39-102-101-38-49(74)61(89)76-51(24-14-15-29-72)62(90)77-52(30-42-16-6-3-7-17-42)63(91)78-53(31-43-18-8-4-9-19-43)64(92)80-56(34-47-36-75-50-23-13-12-22-48(47)50)65(93)79-54(66(94)84-59)33-45-25-27-46(35-73)28-26-45/h3-13,16-23,25-28,36,40-41,49,51-60,75,86-88H,14-15,24,29-35,37-39,72-74H2,1-2H3,(H,76,89)(H,77,90)(H,78,91)(H,79,93)(H,80,92)(H,81,97)(H,82,98)(H,83,96)(H,84,94)(H,85,95)(H,99,100)/t40-,41-,49+,51+,52+,53?,54?,55?,56-,57?,58+,59+,60+/m1/s1. The van der Waals surface area contributed by atoms with Crippen LogP contribution in [0.2, 0.25) is 0 Å². The van der Waals surface area contributed by atoms with E-state index in [1.54, 1.807) is 146 Å². The van der Waals surface area contributed by atoms with Gasteiger partial charge in [-0.3, -0.25) is 47.9 Å². The summed E-state index contributed by atoms with van der Waals surface area (Å²) in [6, 6.07) is 21.7. The number of H-pyrrole nitrogens is 1. The fourth-order valence-electron chi connectivity index (χ4n) is 11.1. The molecule has 1 aliphatic rings. The van der Waals surface area contributed by atoms with Gasteiger partial charge in [-0.1, -0.05) is 155 Å². The molecule has 2 heterocycles. The third kappa shape index (κ3) is 24.2. The van der Waals surface area contributed by atoms with Gasteiger partial charge in [-0.05, 0) is 79.1 Å². The number of hydrogen-bond acceptors (Lipinski definition) is 19. The minimum atomic E-state index is -1.91. The third-order valence-electron chi connectivity index (χ3n) is 16.8. The van der Waals surface area contributed by atoms with Crippen molar-refractivity contribution in [3.8, 4) is 0 Å². The number of para-hydroxylation sites is 1. The van der Waals surface area contributed by atoms with E-state index < -0.39 is 150 Å². The molecule has 546 valence electrons. The topological polar surface area (TPSA) is 483 Å². The summed E-state index contributed by atoms with van der Waals surface area (Å²) in [7, 11) is 1.83. The number of fused-ring (bicyclic) bond motifs is 1. The molecule has 0 bridgehead atoms. The van der Waals surface area contributed by atoms with E-state index in [2.05, 4.69) is 58.2 Å². The molecule has 1 fully saturated rings. The van der Waals surface area contributed by atoms with Crippen LogP contribution >= 0.6 is 21.6 Å². The number of aromatic amines is 1. The zero-order valence-electron chi connectivity index (χ0n) is 56.4. The maximum atomic E-state index is 15.4. The molecule has 1 aliphatic heterocycles. The lowest BCUT2D eigenvalue weighted by molar-refractivity contribution is -0.142. The number of hydrogen-bond donors (Lipinski definition) is 18. The number of aliphatic hydroxyl groups excluding tert-OH is 3. The summed E-state index contributed by atoms with van der Waals surface area (Å²) in [5.41, 5.74) is 22.2. The first-order valence-electron chi connectivity index (χ1n) is 33.3. The Morgan fingerprint density at radius 1 is 0.441 bits per heavy atom. The molecule has 21 N–H and O–H groups in total. The lowest BCUT2D eigenvalue weighted by atomic mass is 9.99. The van der Waals surface area contributed by atoms with Gasteiger partial charge in [0, 0.05) is 67.3 Å². The van der Waals surface area contributed by atoms with E-state index in [1.165, 1.54) is 6.92 Å². The highest BCUT2D eigenvalue weighted by molar-refractivity contribution is 8.76. The van der Waals surface area contributed by atoms with Gasteiger partial charge in [0.1, 0.15) is 60.4 Å². The van der Waals surface area contributed by atoms with Crippen LogP contribution in [0.1, 0.15) is 66.5 Å². The van der Waals surface area contributed by atoms with Gasteiger partial charge in [-0.25, -0.2) is 4.79 Å². The van der Waals surface area contributed by atoms with E-state index in [4.69, 9.17) is 17.2 Å². The van der Waals surface area contributed by atoms with Crippen molar-refractivity contribution in [1.29, 1.82) is 0 Å². The summed E-state index contributed by atoms with van der Waals surface area (Å²) in [4.78, 5) is 162. The predicted octanol–water partition coefficient (Wildman–Crippen LogP) is -1.32. The van der Waals surface area contributed by atoms with Crippen LogP contribution in [0.3, 0.4) is 0 Å². The number of unbranched alkanes of at least 4 members (excludes halogenated alkanes) is 1. The number of carbonyl (C=O) groups excluding carboxylic acids is 10. The Morgan fingerprint density at radius 3 is 1.25 bits per heavy atom. The van der Waals surface area contributed by atoms with Crippen LogP contribution < -0.4 is 70.4 Å². The molecule has 0 aliphatic carbocycles. The van der Waals surface area contributed by atoms with Crippen LogP contribution in [0, 0.1) is 0 Å². The molecular weight excluding hydrogens is 1350 g/mol. The summed E-state index contributed by atoms with van der Waals surface area (Å²) in [5, 5.41) is 69.4. The molecule has 6 aromatic rings. The number of aliphatic hydroxyl groups is 3. The minimum absolute atomic E-state index is 0.0281. The molecule has 5 aromatic carbocycles.